The summed E-state index contributed by atoms with van der Waals surface area (Å²) in [6, 6.07) is 7.48. The molecule has 62 valence electrons. The average molecular weight is 160 g/mol. The van der Waals surface area contributed by atoms with Crippen LogP contribution in [0.2, 0.25) is 0 Å². The van der Waals surface area contributed by atoms with Crippen LogP contribution in [-0.4, -0.2) is 6.21 Å². The predicted molar refractivity (Wildman–Crippen MR) is 53.8 cm³/mol. The normalized spacial score (nSPS) is 10.4. The fourth-order valence-corrected chi connectivity index (χ4v) is 0.785. The van der Waals surface area contributed by atoms with Gasteiger partial charge in [-0.2, -0.15) is 0 Å². The first-order valence-corrected chi connectivity index (χ1v) is 3.74. The molecule has 0 aromatic heterocycles. The Kier molecular flexibility index (Phi) is 2.64. The molecule has 0 unspecified atom stereocenters. The van der Waals surface area contributed by atoms with E-state index in [0.29, 0.717) is 5.69 Å². The fourth-order valence-electron chi connectivity index (χ4n) is 0.785. The molecule has 0 fully saturated rings. The summed E-state index contributed by atoms with van der Waals surface area (Å²) in [5.74, 6) is 0. The lowest BCUT2D eigenvalue weighted by molar-refractivity contribution is 1.51. The van der Waals surface area contributed by atoms with Crippen LogP contribution in [0.25, 0.3) is 0 Å². The summed E-state index contributed by atoms with van der Waals surface area (Å²) in [7, 11) is 0. The number of nitrogens with two attached hydrogens (primary N) is 1. The van der Waals surface area contributed by atoms with E-state index < -0.39 is 0 Å². The lowest BCUT2D eigenvalue weighted by Crippen LogP contribution is -1.84. The molecule has 0 spiro atoms. The Balaban J connectivity index is 2.89. The Morgan fingerprint density at radius 3 is 2.75 bits per heavy atom. The maximum Gasteiger partial charge on any atom is 0.0858 e. The van der Waals surface area contributed by atoms with Crippen molar-refractivity contribution in [2.45, 2.75) is 6.92 Å². The molecule has 0 bridgehead atoms. The predicted octanol–water partition coefficient (Wildman–Crippen LogP) is 2.55. The highest BCUT2D eigenvalue weighted by Gasteiger charge is 1.91. The first kappa shape index (κ1) is 8.53. The molecule has 0 amide bonds. The number of hydrogen-bond donors (Lipinski definition) is 1. The van der Waals surface area contributed by atoms with Crippen LogP contribution in [0.3, 0.4) is 0 Å². The molecule has 2 heteroatoms. The summed E-state index contributed by atoms with van der Waals surface area (Å²) >= 11 is 0. The van der Waals surface area contributed by atoms with Crippen molar-refractivity contribution in [2.75, 3.05) is 5.73 Å². The minimum Gasteiger partial charge on any atom is -0.397 e. The van der Waals surface area contributed by atoms with E-state index in [1.807, 2.05) is 31.2 Å². The second-order valence-corrected chi connectivity index (χ2v) is 2.66. The van der Waals surface area contributed by atoms with Gasteiger partial charge in [0.15, 0.2) is 0 Å². The molecule has 1 aromatic rings. The van der Waals surface area contributed by atoms with Gasteiger partial charge in [-0.3, -0.25) is 4.99 Å². The first-order chi connectivity index (χ1) is 5.70. The van der Waals surface area contributed by atoms with E-state index in [4.69, 9.17) is 5.73 Å². The largest absolute Gasteiger partial charge is 0.397 e. The number of aliphatic imine (C=N–C) groups is 1. The summed E-state index contributed by atoms with van der Waals surface area (Å²) < 4.78 is 0. The zero-order chi connectivity index (χ0) is 8.97. The number of hydrogen-bond acceptors (Lipinski definition) is 2. The highest BCUT2D eigenvalue weighted by atomic mass is 14.8. The van der Waals surface area contributed by atoms with Crippen molar-refractivity contribution in [3.8, 4) is 0 Å². The van der Waals surface area contributed by atoms with Gasteiger partial charge in [-0.05, 0) is 24.6 Å². The standard InChI is InChI=1S/C10H12N2/c1-8(2)7-12-10-6-4-3-5-9(10)11/h3-7H,1,11H2,2H3. The minimum absolute atomic E-state index is 0.690. The Morgan fingerprint density at radius 2 is 2.17 bits per heavy atom. The Labute approximate surface area is 72.4 Å². The van der Waals surface area contributed by atoms with Crippen LogP contribution in [-0.2, 0) is 0 Å². The molecule has 1 rings (SSSR count). The van der Waals surface area contributed by atoms with Crippen LogP contribution in [0.5, 0.6) is 0 Å². The fraction of sp³-hybridized carbons (Fsp3) is 0.100. The van der Waals surface area contributed by atoms with Gasteiger partial charge < -0.3 is 5.73 Å². The van der Waals surface area contributed by atoms with Crippen molar-refractivity contribution in [2.24, 2.45) is 4.99 Å². The van der Waals surface area contributed by atoms with Crippen LogP contribution in [0.4, 0.5) is 11.4 Å². The van der Waals surface area contributed by atoms with E-state index in [1.165, 1.54) is 0 Å². The monoisotopic (exact) mass is 160 g/mol. The number of rotatable bonds is 2. The third-order valence-electron chi connectivity index (χ3n) is 1.36. The second kappa shape index (κ2) is 3.72. The third-order valence-corrected chi connectivity index (χ3v) is 1.36. The first-order valence-electron chi connectivity index (χ1n) is 3.74. The lowest BCUT2D eigenvalue weighted by atomic mass is 10.3. The summed E-state index contributed by atoms with van der Waals surface area (Å²) in [5.41, 5.74) is 8.06. The quantitative estimate of drug-likeness (QED) is 0.524. The number of para-hydroxylation sites is 2. The van der Waals surface area contributed by atoms with Crippen molar-refractivity contribution < 1.29 is 0 Å². The van der Waals surface area contributed by atoms with Crippen LogP contribution in [0.1, 0.15) is 6.92 Å². The van der Waals surface area contributed by atoms with E-state index in [1.54, 1.807) is 6.21 Å². The Morgan fingerprint density at radius 1 is 1.50 bits per heavy atom. The van der Waals surface area contributed by atoms with Crippen LogP contribution < -0.4 is 5.73 Å². The second-order valence-electron chi connectivity index (χ2n) is 2.66. The number of nitrogens with zero attached hydrogens (tertiary/aromatic N) is 1. The van der Waals surface area contributed by atoms with Crippen LogP contribution >= 0.6 is 0 Å². The van der Waals surface area contributed by atoms with Gasteiger partial charge in [-0.15, -0.1) is 0 Å². The van der Waals surface area contributed by atoms with Gasteiger partial charge in [0.1, 0.15) is 0 Å². The van der Waals surface area contributed by atoms with Gasteiger partial charge in [0.05, 0.1) is 11.4 Å². The van der Waals surface area contributed by atoms with E-state index in [2.05, 4.69) is 11.6 Å². The van der Waals surface area contributed by atoms with Crippen molar-refractivity contribution in [1.82, 2.24) is 0 Å². The van der Waals surface area contributed by atoms with E-state index >= 15 is 0 Å². The van der Waals surface area contributed by atoms with Gasteiger partial charge in [0.2, 0.25) is 0 Å². The highest BCUT2D eigenvalue weighted by molar-refractivity contribution is 5.81. The molecule has 0 aliphatic carbocycles. The van der Waals surface area contributed by atoms with Gasteiger partial charge >= 0.3 is 0 Å². The summed E-state index contributed by atoms with van der Waals surface area (Å²) in [5, 5.41) is 0. The molecule has 2 nitrogen and oxygen atoms in total. The number of nitrogen functional groups attached to an aromatic ring is 1. The van der Waals surface area contributed by atoms with Gasteiger partial charge in [0.25, 0.3) is 0 Å². The number of benzene rings is 1. The average Bonchev–Trinajstić information content (AvgIpc) is 2.03. The number of allylic oxidation sites excluding steroid dienone is 1. The zero-order valence-corrected chi connectivity index (χ0v) is 7.12. The van der Waals surface area contributed by atoms with Crippen molar-refractivity contribution in [1.29, 1.82) is 0 Å². The van der Waals surface area contributed by atoms with Crippen LogP contribution in [0, 0.1) is 0 Å². The topological polar surface area (TPSA) is 38.4 Å². The molecule has 0 aliphatic rings. The van der Waals surface area contributed by atoms with Crippen LogP contribution in [0.15, 0.2) is 41.4 Å². The molecular weight excluding hydrogens is 148 g/mol. The maximum atomic E-state index is 5.66. The van der Waals surface area contributed by atoms with Crippen molar-refractivity contribution in [3.63, 3.8) is 0 Å². The molecule has 0 saturated heterocycles. The molecule has 0 radical (unpaired) electrons. The van der Waals surface area contributed by atoms with E-state index in [0.717, 1.165) is 11.3 Å². The Bertz CT molecular complexity index is 313. The van der Waals surface area contributed by atoms with Gasteiger partial charge in [0, 0.05) is 6.21 Å². The smallest absolute Gasteiger partial charge is 0.0858 e. The molecule has 0 atom stereocenters. The SMILES string of the molecule is C=C(C)C=Nc1ccccc1N. The molecule has 0 heterocycles. The van der Waals surface area contributed by atoms with Crippen molar-refractivity contribution >= 4 is 17.6 Å². The molecule has 0 aliphatic heterocycles. The lowest BCUT2D eigenvalue weighted by Gasteiger charge is -1.97. The number of anilines is 1. The maximum absolute atomic E-state index is 5.66. The third kappa shape index (κ3) is 2.23. The molecule has 0 saturated carbocycles. The summed E-state index contributed by atoms with van der Waals surface area (Å²) in [6.07, 6.45) is 1.70. The summed E-state index contributed by atoms with van der Waals surface area (Å²) in [6.45, 7) is 5.60. The highest BCUT2D eigenvalue weighted by Crippen LogP contribution is 2.19. The van der Waals surface area contributed by atoms with Crippen molar-refractivity contribution in [3.05, 3.63) is 36.4 Å². The van der Waals surface area contributed by atoms with Gasteiger partial charge in [-0.25, -0.2) is 0 Å². The Hall–Kier alpha value is -1.57. The zero-order valence-electron chi connectivity index (χ0n) is 7.12. The van der Waals surface area contributed by atoms with E-state index in [9.17, 15) is 0 Å². The van der Waals surface area contributed by atoms with Gasteiger partial charge in [-0.1, -0.05) is 18.7 Å². The molecular formula is C10H12N2. The minimum atomic E-state index is 0.690. The molecule has 1 aromatic carbocycles. The molecule has 12 heavy (non-hydrogen) atoms. The molecule has 2 N–H and O–H groups in total. The summed E-state index contributed by atoms with van der Waals surface area (Å²) in [4.78, 5) is 4.16. The van der Waals surface area contributed by atoms with E-state index in [-0.39, 0.29) is 0 Å².